The number of aliphatic hydroxyl groups is 1. The van der Waals surface area contributed by atoms with Crippen LogP contribution in [0.25, 0.3) is 10.9 Å². The summed E-state index contributed by atoms with van der Waals surface area (Å²) in [5.74, 6) is -0.293. The number of aromatic nitrogens is 1. The Morgan fingerprint density at radius 1 is 1.26 bits per heavy atom. The van der Waals surface area contributed by atoms with Crippen LogP contribution in [0.4, 0.5) is 16.2 Å². The Labute approximate surface area is 130 Å². The molecular formula is C15H14N4O4. The van der Waals surface area contributed by atoms with E-state index in [0.717, 1.165) is 10.9 Å². The van der Waals surface area contributed by atoms with Gasteiger partial charge in [0.2, 0.25) is 0 Å². The molecule has 0 bridgehead atoms. The van der Waals surface area contributed by atoms with Crippen LogP contribution >= 0.6 is 0 Å². The molecule has 0 unspecified atom stereocenters. The lowest BCUT2D eigenvalue weighted by atomic mass is 10.1. The van der Waals surface area contributed by atoms with Crippen molar-refractivity contribution in [3.05, 3.63) is 48.0 Å². The zero-order valence-corrected chi connectivity index (χ0v) is 11.9. The first-order chi connectivity index (χ1) is 11.1. The number of nitrogens with two attached hydrogens (primary N) is 1. The third kappa shape index (κ3) is 2.74. The van der Waals surface area contributed by atoms with E-state index in [-0.39, 0.29) is 23.0 Å². The van der Waals surface area contributed by atoms with Gasteiger partial charge < -0.3 is 30.9 Å². The molecule has 3 amide bonds. The Hall–Kier alpha value is -3.26. The van der Waals surface area contributed by atoms with E-state index < -0.39 is 12.6 Å². The predicted octanol–water partition coefficient (Wildman–Crippen LogP) is 2.00. The van der Waals surface area contributed by atoms with Crippen molar-refractivity contribution < 1.29 is 19.1 Å². The minimum Gasteiger partial charge on any atom is -0.462 e. The van der Waals surface area contributed by atoms with E-state index in [2.05, 4.69) is 15.6 Å². The number of hydrogen-bond donors (Lipinski definition) is 5. The third-order valence-electron chi connectivity index (χ3n) is 3.34. The van der Waals surface area contributed by atoms with Gasteiger partial charge in [-0.05, 0) is 6.07 Å². The first-order valence-electron chi connectivity index (χ1n) is 6.75. The Balaban J connectivity index is 1.91. The summed E-state index contributed by atoms with van der Waals surface area (Å²) in [4.78, 5) is 26.5. The molecule has 0 aliphatic carbocycles. The highest BCUT2D eigenvalue weighted by atomic mass is 16.4. The Morgan fingerprint density at radius 3 is 2.78 bits per heavy atom. The molecule has 0 fully saturated rings. The van der Waals surface area contributed by atoms with Crippen LogP contribution in [-0.4, -0.2) is 22.0 Å². The number of nitrogens with one attached hydrogen (secondary N) is 3. The second-order valence-corrected chi connectivity index (χ2v) is 4.80. The van der Waals surface area contributed by atoms with Gasteiger partial charge in [0.15, 0.2) is 5.76 Å². The van der Waals surface area contributed by atoms with Gasteiger partial charge in [0.05, 0.1) is 5.56 Å². The molecule has 8 nitrogen and oxygen atoms in total. The van der Waals surface area contributed by atoms with Crippen LogP contribution in [0.5, 0.6) is 0 Å². The summed E-state index contributed by atoms with van der Waals surface area (Å²) in [5, 5.41) is 14.9. The summed E-state index contributed by atoms with van der Waals surface area (Å²) in [6.45, 7) is -0.446. The number of carbonyl (C=O) groups is 2. The topological polar surface area (TPSA) is 133 Å². The van der Waals surface area contributed by atoms with E-state index in [9.17, 15) is 14.7 Å². The van der Waals surface area contributed by atoms with Crippen LogP contribution in [0.2, 0.25) is 0 Å². The number of hydrogen-bond acceptors (Lipinski definition) is 4. The smallest absolute Gasteiger partial charge is 0.316 e. The summed E-state index contributed by atoms with van der Waals surface area (Å²) >= 11 is 0. The number of carbonyl (C=O) groups excluding carboxylic acids is 2. The summed E-state index contributed by atoms with van der Waals surface area (Å²) in [6, 6.07) is 6.53. The number of fused-ring (bicyclic) bond motifs is 1. The largest absolute Gasteiger partial charge is 0.462 e. The molecule has 3 aromatic rings. The number of primary amides is 1. The van der Waals surface area contributed by atoms with Crippen molar-refractivity contribution in [3.8, 4) is 0 Å². The molecule has 0 radical (unpaired) electrons. The number of rotatable bonds is 4. The number of aromatic amines is 1. The van der Waals surface area contributed by atoms with Crippen molar-refractivity contribution in [1.82, 2.24) is 4.98 Å². The van der Waals surface area contributed by atoms with E-state index in [1.54, 1.807) is 6.20 Å². The fraction of sp³-hybridized carbons (Fsp3) is 0.0667. The van der Waals surface area contributed by atoms with Crippen molar-refractivity contribution in [2.24, 2.45) is 5.73 Å². The molecule has 23 heavy (non-hydrogen) atoms. The van der Waals surface area contributed by atoms with Crippen molar-refractivity contribution >= 4 is 34.2 Å². The van der Waals surface area contributed by atoms with Gasteiger partial charge in [-0.15, -0.1) is 0 Å². The van der Waals surface area contributed by atoms with Crippen molar-refractivity contribution in [3.63, 3.8) is 0 Å². The highest BCUT2D eigenvalue weighted by Crippen LogP contribution is 2.29. The molecule has 2 aromatic heterocycles. The fourth-order valence-corrected chi connectivity index (χ4v) is 2.32. The van der Waals surface area contributed by atoms with Gasteiger partial charge in [-0.3, -0.25) is 4.79 Å². The van der Waals surface area contributed by atoms with Gasteiger partial charge in [0.1, 0.15) is 24.2 Å². The predicted molar refractivity (Wildman–Crippen MR) is 84.1 cm³/mol. The number of H-pyrrole nitrogens is 1. The number of para-hydroxylation sites is 1. The number of amides is 3. The van der Waals surface area contributed by atoms with E-state index >= 15 is 0 Å². The molecule has 6 N–H and O–H groups in total. The number of urea groups is 1. The normalized spacial score (nSPS) is 10.7. The number of anilines is 2. The monoisotopic (exact) mass is 314 g/mol. The van der Waals surface area contributed by atoms with E-state index in [0.29, 0.717) is 5.56 Å². The highest BCUT2D eigenvalue weighted by molar-refractivity contribution is 6.14. The highest BCUT2D eigenvalue weighted by Gasteiger charge is 2.19. The van der Waals surface area contributed by atoms with Gasteiger partial charge in [-0.2, -0.15) is 0 Å². The third-order valence-corrected chi connectivity index (χ3v) is 3.34. The summed E-state index contributed by atoms with van der Waals surface area (Å²) in [5.41, 5.74) is 6.70. The zero-order valence-electron chi connectivity index (χ0n) is 11.9. The van der Waals surface area contributed by atoms with Gasteiger partial charge >= 0.3 is 6.03 Å². The zero-order chi connectivity index (χ0) is 16.4. The summed E-state index contributed by atoms with van der Waals surface area (Å²) < 4.78 is 5.11. The summed E-state index contributed by atoms with van der Waals surface area (Å²) in [6.07, 6.45) is 2.82. The van der Waals surface area contributed by atoms with Crippen molar-refractivity contribution in [1.29, 1.82) is 0 Å². The maximum absolute atomic E-state index is 12.4. The fourth-order valence-electron chi connectivity index (χ4n) is 2.32. The lowest BCUT2D eigenvalue weighted by Crippen LogP contribution is -2.21. The molecule has 0 saturated heterocycles. The number of benzene rings is 1. The minimum absolute atomic E-state index is 0.0954. The molecule has 1 aromatic carbocycles. The SMILES string of the molecule is NC(=O)Nc1c(NC(=O)c2c[nH]c3ccccc23)coc1CO. The van der Waals surface area contributed by atoms with Gasteiger partial charge in [0, 0.05) is 17.1 Å². The lowest BCUT2D eigenvalue weighted by molar-refractivity contribution is 0.102. The molecule has 8 heteroatoms. The van der Waals surface area contributed by atoms with Crippen molar-refractivity contribution in [2.45, 2.75) is 6.61 Å². The van der Waals surface area contributed by atoms with Crippen LogP contribution in [-0.2, 0) is 6.61 Å². The lowest BCUT2D eigenvalue weighted by Gasteiger charge is -2.06. The van der Waals surface area contributed by atoms with E-state index in [4.69, 9.17) is 10.2 Å². The van der Waals surface area contributed by atoms with Crippen LogP contribution in [0.15, 0.2) is 41.1 Å². The van der Waals surface area contributed by atoms with Gasteiger partial charge in [-0.1, -0.05) is 18.2 Å². The van der Waals surface area contributed by atoms with Crippen LogP contribution in [0, 0.1) is 0 Å². The molecule has 0 aliphatic heterocycles. The molecule has 0 atom stereocenters. The molecule has 0 saturated carbocycles. The maximum Gasteiger partial charge on any atom is 0.316 e. The average Bonchev–Trinajstić information content (AvgIpc) is 3.11. The van der Waals surface area contributed by atoms with Crippen LogP contribution in [0.1, 0.15) is 16.1 Å². The van der Waals surface area contributed by atoms with E-state index in [1.165, 1.54) is 6.26 Å². The molecular weight excluding hydrogens is 300 g/mol. The maximum atomic E-state index is 12.4. The Kier molecular flexibility index (Phi) is 3.73. The Morgan fingerprint density at radius 2 is 2.04 bits per heavy atom. The minimum atomic E-state index is -0.830. The van der Waals surface area contributed by atoms with Crippen LogP contribution < -0.4 is 16.4 Å². The van der Waals surface area contributed by atoms with Crippen LogP contribution in [0.3, 0.4) is 0 Å². The molecule has 0 aliphatic rings. The molecule has 3 rings (SSSR count). The first kappa shape index (κ1) is 14.7. The molecule has 118 valence electrons. The van der Waals surface area contributed by atoms with Gasteiger partial charge in [0.25, 0.3) is 5.91 Å². The first-order valence-corrected chi connectivity index (χ1v) is 6.75. The standard InChI is InChI=1S/C15H14N4O4/c16-15(22)19-13-11(7-23-12(13)6-20)18-14(21)9-5-17-10-4-2-1-3-8(9)10/h1-5,7,17,20H,6H2,(H,18,21)(H3,16,19,22). The second-order valence-electron chi connectivity index (χ2n) is 4.80. The Bertz CT molecular complexity index is 881. The number of furan rings is 1. The molecule has 2 heterocycles. The second kappa shape index (κ2) is 5.85. The molecule has 0 spiro atoms. The summed E-state index contributed by atoms with van der Waals surface area (Å²) in [7, 11) is 0. The van der Waals surface area contributed by atoms with Crippen molar-refractivity contribution in [2.75, 3.05) is 10.6 Å². The quantitative estimate of drug-likeness (QED) is 0.503. The average molecular weight is 314 g/mol. The van der Waals surface area contributed by atoms with Gasteiger partial charge in [-0.25, -0.2) is 4.79 Å². The van der Waals surface area contributed by atoms with E-state index in [1.807, 2.05) is 24.3 Å². The number of aliphatic hydroxyl groups excluding tert-OH is 1.